The van der Waals surface area contributed by atoms with Crippen molar-refractivity contribution in [1.29, 1.82) is 0 Å². The molecule has 164 valence electrons. The van der Waals surface area contributed by atoms with Crippen LogP contribution in [0.4, 0.5) is 19.0 Å². The Morgan fingerprint density at radius 1 is 1.19 bits per heavy atom. The Labute approximate surface area is 187 Å². The van der Waals surface area contributed by atoms with Gasteiger partial charge in [-0.15, -0.1) is 11.3 Å². The smallest absolute Gasteiger partial charge is 0.355 e. The summed E-state index contributed by atoms with van der Waals surface area (Å²) in [5.74, 6) is 0.664. The maximum Gasteiger partial charge on any atom is 0.393 e. The molecule has 0 atom stereocenters. The lowest BCUT2D eigenvalue weighted by molar-refractivity contribution is -0.126. The molecule has 2 aromatic heterocycles. The van der Waals surface area contributed by atoms with E-state index in [0.29, 0.717) is 22.1 Å². The van der Waals surface area contributed by atoms with Crippen LogP contribution in [0.1, 0.15) is 29.7 Å². The Morgan fingerprint density at radius 3 is 2.71 bits per heavy atom. The first kappa shape index (κ1) is 21.0. The van der Waals surface area contributed by atoms with Gasteiger partial charge >= 0.3 is 6.18 Å². The van der Waals surface area contributed by atoms with Gasteiger partial charge in [0, 0.05) is 30.6 Å². The molecule has 1 saturated heterocycles. The summed E-state index contributed by atoms with van der Waals surface area (Å²) in [6.45, 7) is 2.55. The molecule has 0 bridgehead atoms. The van der Waals surface area contributed by atoms with Crippen LogP contribution < -0.4 is 10.2 Å². The summed E-state index contributed by atoms with van der Waals surface area (Å²) in [6, 6.07) is 12.4. The summed E-state index contributed by atoms with van der Waals surface area (Å²) in [5.41, 5.74) is 1.52. The van der Waals surface area contributed by atoms with Crippen molar-refractivity contribution in [2.45, 2.75) is 44.4 Å². The van der Waals surface area contributed by atoms with Crippen LogP contribution in [-0.2, 0) is 13.0 Å². The fraction of sp³-hybridized carbons (Fsp3) is 0.455. The largest absolute Gasteiger partial charge is 0.393 e. The molecule has 31 heavy (non-hydrogen) atoms. The van der Waals surface area contributed by atoms with Crippen LogP contribution in [-0.4, -0.2) is 35.3 Å². The number of anilines is 1. The SMILES string of the molecule is FC(F)(F)Cc1cc2c(N3CCC4(CC(NCc5ccccc5)C4)C3)nc(Cl)nc2s1. The van der Waals surface area contributed by atoms with Crippen molar-refractivity contribution in [2.75, 3.05) is 18.0 Å². The number of thiophene rings is 1. The molecule has 2 fully saturated rings. The maximum absolute atomic E-state index is 12.8. The zero-order valence-corrected chi connectivity index (χ0v) is 18.3. The summed E-state index contributed by atoms with van der Waals surface area (Å²) in [7, 11) is 0. The van der Waals surface area contributed by atoms with Crippen LogP contribution >= 0.6 is 22.9 Å². The van der Waals surface area contributed by atoms with Gasteiger partial charge in [0.05, 0.1) is 11.8 Å². The molecule has 2 aliphatic rings. The number of hydrogen-bond donors (Lipinski definition) is 1. The number of rotatable bonds is 5. The number of nitrogens with zero attached hydrogens (tertiary/aromatic N) is 3. The number of alkyl halides is 3. The monoisotopic (exact) mass is 466 g/mol. The molecule has 1 aliphatic heterocycles. The molecule has 1 N–H and O–H groups in total. The lowest BCUT2D eigenvalue weighted by atomic mass is 9.65. The van der Waals surface area contributed by atoms with Crippen LogP contribution in [0.15, 0.2) is 36.4 Å². The molecular weight excluding hydrogens is 445 g/mol. The minimum absolute atomic E-state index is 0.0832. The molecule has 0 radical (unpaired) electrons. The molecule has 1 aromatic carbocycles. The number of hydrogen-bond acceptors (Lipinski definition) is 5. The quantitative estimate of drug-likeness (QED) is 0.497. The first-order valence-electron chi connectivity index (χ1n) is 10.3. The highest BCUT2D eigenvalue weighted by Crippen LogP contribution is 2.50. The summed E-state index contributed by atoms with van der Waals surface area (Å²) < 4.78 is 38.5. The summed E-state index contributed by atoms with van der Waals surface area (Å²) >= 11 is 7.16. The minimum atomic E-state index is -4.25. The van der Waals surface area contributed by atoms with E-state index in [1.807, 2.05) is 18.2 Å². The zero-order valence-electron chi connectivity index (χ0n) is 16.8. The van der Waals surface area contributed by atoms with Gasteiger partial charge in [-0.05, 0) is 47.9 Å². The van der Waals surface area contributed by atoms with E-state index in [0.717, 1.165) is 50.2 Å². The van der Waals surface area contributed by atoms with Crippen molar-refractivity contribution in [3.05, 3.63) is 52.1 Å². The maximum atomic E-state index is 12.8. The fourth-order valence-corrected chi connectivity index (χ4v) is 6.16. The third-order valence-corrected chi connectivity index (χ3v) is 7.50. The van der Waals surface area contributed by atoms with Gasteiger partial charge in [0.1, 0.15) is 10.6 Å². The molecular formula is C22H22ClF3N4S. The van der Waals surface area contributed by atoms with Crippen molar-refractivity contribution < 1.29 is 13.2 Å². The minimum Gasteiger partial charge on any atom is -0.355 e. The highest BCUT2D eigenvalue weighted by Gasteiger charge is 2.48. The topological polar surface area (TPSA) is 41.0 Å². The molecule has 0 amide bonds. The first-order chi connectivity index (χ1) is 14.8. The Balaban J connectivity index is 1.27. The van der Waals surface area contributed by atoms with E-state index in [2.05, 4.69) is 32.3 Å². The number of halogens is 4. The summed E-state index contributed by atoms with van der Waals surface area (Å²) in [4.78, 5) is 11.5. The first-order valence-corrected chi connectivity index (χ1v) is 11.5. The van der Waals surface area contributed by atoms with E-state index in [4.69, 9.17) is 11.6 Å². The third-order valence-electron chi connectivity index (χ3n) is 6.31. The number of benzene rings is 1. The second kappa shape index (κ2) is 7.90. The van der Waals surface area contributed by atoms with Gasteiger partial charge in [0.25, 0.3) is 0 Å². The summed E-state index contributed by atoms with van der Waals surface area (Å²) in [5, 5.41) is 4.39. The predicted octanol–water partition coefficient (Wildman–Crippen LogP) is 5.60. The average Bonchev–Trinajstić information content (AvgIpc) is 3.28. The molecule has 1 saturated carbocycles. The van der Waals surface area contributed by atoms with E-state index < -0.39 is 12.6 Å². The third kappa shape index (κ3) is 4.52. The lowest BCUT2D eigenvalue weighted by Gasteiger charge is -2.45. The van der Waals surface area contributed by atoms with Gasteiger partial charge in [-0.3, -0.25) is 0 Å². The van der Waals surface area contributed by atoms with E-state index in [1.165, 1.54) is 5.56 Å². The second-order valence-electron chi connectivity index (χ2n) is 8.68. The molecule has 3 aromatic rings. The normalized spacial score (nSPS) is 23.6. The number of nitrogens with one attached hydrogen (secondary N) is 1. The van der Waals surface area contributed by atoms with E-state index >= 15 is 0 Å². The van der Waals surface area contributed by atoms with E-state index in [9.17, 15) is 13.2 Å². The van der Waals surface area contributed by atoms with E-state index in [-0.39, 0.29) is 15.6 Å². The standard InChI is InChI=1S/C22H22ClF3N4S/c23-20-28-18(17-8-16(11-22(24,25)26)31-19(17)29-20)30-7-6-21(13-30)9-15(10-21)27-12-14-4-2-1-3-5-14/h1-5,8,15,27H,6-7,9-13H2. The highest BCUT2D eigenvalue weighted by atomic mass is 35.5. The molecule has 1 spiro atoms. The van der Waals surface area contributed by atoms with Crippen molar-refractivity contribution in [3.8, 4) is 0 Å². The van der Waals surface area contributed by atoms with Gasteiger partial charge < -0.3 is 10.2 Å². The zero-order chi connectivity index (χ0) is 21.6. The van der Waals surface area contributed by atoms with Gasteiger partial charge in [-0.1, -0.05) is 30.3 Å². The van der Waals surface area contributed by atoms with Crippen molar-refractivity contribution in [1.82, 2.24) is 15.3 Å². The van der Waals surface area contributed by atoms with Crippen molar-refractivity contribution >= 4 is 39.0 Å². The molecule has 5 rings (SSSR count). The van der Waals surface area contributed by atoms with Crippen LogP contribution in [0.3, 0.4) is 0 Å². The molecule has 9 heteroatoms. The molecule has 3 heterocycles. The summed E-state index contributed by atoms with van der Waals surface area (Å²) in [6.07, 6.45) is -1.95. The van der Waals surface area contributed by atoms with Gasteiger partial charge in [-0.2, -0.15) is 18.2 Å². The van der Waals surface area contributed by atoms with E-state index in [1.54, 1.807) is 6.07 Å². The molecule has 1 aliphatic carbocycles. The Kier molecular flexibility index (Phi) is 5.35. The highest BCUT2D eigenvalue weighted by molar-refractivity contribution is 7.18. The number of aromatic nitrogens is 2. The Bertz CT molecular complexity index is 1080. The van der Waals surface area contributed by atoms with Crippen LogP contribution in [0, 0.1) is 5.41 Å². The average molecular weight is 467 g/mol. The van der Waals surface area contributed by atoms with Gasteiger partial charge in [0.2, 0.25) is 5.28 Å². The van der Waals surface area contributed by atoms with Crippen LogP contribution in [0.5, 0.6) is 0 Å². The second-order valence-corrected chi connectivity index (χ2v) is 10.1. The predicted molar refractivity (Wildman–Crippen MR) is 118 cm³/mol. The fourth-order valence-electron chi connectivity index (χ4n) is 4.89. The van der Waals surface area contributed by atoms with Gasteiger partial charge in [-0.25, -0.2) is 4.98 Å². The Hall–Kier alpha value is -1.90. The van der Waals surface area contributed by atoms with Crippen LogP contribution in [0.25, 0.3) is 10.2 Å². The Morgan fingerprint density at radius 2 is 1.97 bits per heavy atom. The van der Waals surface area contributed by atoms with Crippen LogP contribution in [0.2, 0.25) is 5.28 Å². The van der Waals surface area contributed by atoms with Gasteiger partial charge in [0.15, 0.2) is 0 Å². The van der Waals surface area contributed by atoms with Crippen molar-refractivity contribution in [2.24, 2.45) is 5.41 Å². The molecule has 4 nitrogen and oxygen atoms in total. The number of fused-ring (bicyclic) bond motifs is 1. The lowest BCUT2D eigenvalue weighted by Crippen LogP contribution is -2.50. The van der Waals surface area contributed by atoms with Crippen molar-refractivity contribution in [3.63, 3.8) is 0 Å². The molecule has 0 unspecified atom stereocenters.